The summed E-state index contributed by atoms with van der Waals surface area (Å²) in [4.78, 5) is 12.4. The maximum absolute atomic E-state index is 12.4. The van der Waals surface area contributed by atoms with Gasteiger partial charge in [-0.15, -0.1) is 0 Å². The number of aromatic nitrogens is 2. The van der Waals surface area contributed by atoms with Gasteiger partial charge in [0.1, 0.15) is 11.3 Å². The largest absolute Gasteiger partial charge is 0.384 e. The van der Waals surface area contributed by atoms with Crippen LogP contribution in [0.5, 0.6) is 0 Å². The van der Waals surface area contributed by atoms with Crippen LogP contribution in [-0.4, -0.2) is 27.3 Å². The number of benzene rings is 2. The van der Waals surface area contributed by atoms with Crippen LogP contribution in [0.3, 0.4) is 0 Å². The molecule has 0 radical (unpaired) electrons. The molecule has 1 aromatic heterocycles. The van der Waals surface area contributed by atoms with Gasteiger partial charge in [0, 0.05) is 22.4 Å². The molecule has 0 saturated heterocycles. The van der Waals surface area contributed by atoms with Crippen LogP contribution >= 0.6 is 0 Å². The third kappa shape index (κ3) is 3.55. The first kappa shape index (κ1) is 17.6. The number of fused-ring (bicyclic) bond motifs is 1. The van der Waals surface area contributed by atoms with E-state index >= 15 is 0 Å². The molecule has 1 aliphatic carbocycles. The van der Waals surface area contributed by atoms with Crippen molar-refractivity contribution in [3.63, 3.8) is 0 Å². The molecule has 1 heterocycles. The Bertz CT molecular complexity index is 1030. The Labute approximate surface area is 158 Å². The second kappa shape index (κ2) is 6.43. The van der Waals surface area contributed by atoms with Crippen molar-refractivity contribution in [3.05, 3.63) is 59.4 Å². The molecule has 0 bridgehead atoms. The van der Waals surface area contributed by atoms with Gasteiger partial charge in [-0.25, -0.2) is 0 Å². The summed E-state index contributed by atoms with van der Waals surface area (Å²) in [5, 5.41) is 23.3. The van der Waals surface area contributed by atoms with Crippen molar-refractivity contribution in [1.82, 2.24) is 15.5 Å². The normalized spacial score (nSPS) is 14.4. The molecule has 0 unspecified atom stereocenters. The molecule has 4 rings (SSSR count). The van der Waals surface area contributed by atoms with Crippen molar-refractivity contribution >= 4 is 16.7 Å². The average molecular weight is 361 g/mol. The van der Waals surface area contributed by atoms with E-state index in [0.717, 1.165) is 40.3 Å². The van der Waals surface area contributed by atoms with E-state index in [1.165, 1.54) is 0 Å². The molecule has 0 aliphatic heterocycles. The standard InChI is InChI=1S/C22H23N3O2/c1-13-4-5-15(21(26)24-17-7-8-17)11-19(13)14-6-9-18-16(10-14)12-23-25-20(18)22(2,3)27/h4-6,9-12,17,27H,7-8H2,1-3H3,(H,24,26). The lowest BCUT2D eigenvalue weighted by molar-refractivity contribution is 0.0746. The predicted octanol–water partition coefficient (Wildman–Crippen LogP) is 3.72. The van der Waals surface area contributed by atoms with Gasteiger partial charge in [0.25, 0.3) is 5.91 Å². The third-order valence-corrected chi connectivity index (χ3v) is 4.96. The minimum absolute atomic E-state index is 0.0188. The van der Waals surface area contributed by atoms with Crippen LogP contribution in [0.25, 0.3) is 21.9 Å². The number of hydrogen-bond donors (Lipinski definition) is 2. The molecule has 1 saturated carbocycles. The van der Waals surface area contributed by atoms with Gasteiger partial charge >= 0.3 is 0 Å². The molecule has 0 atom stereocenters. The molecule has 138 valence electrons. The van der Waals surface area contributed by atoms with E-state index in [1.54, 1.807) is 20.0 Å². The van der Waals surface area contributed by atoms with Crippen molar-refractivity contribution < 1.29 is 9.90 Å². The van der Waals surface area contributed by atoms with E-state index in [9.17, 15) is 9.90 Å². The van der Waals surface area contributed by atoms with Crippen LogP contribution in [0.15, 0.2) is 42.6 Å². The zero-order chi connectivity index (χ0) is 19.2. The number of rotatable bonds is 4. The number of amides is 1. The van der Waals surface area contributed by atoms with Crippen LogP contribution < -0.4 is 5.32 Å². The Hall–Kier alpha value is -2.79. The average Bonchev–Trinajstić information content (AvgIpc) is 3.44. The summed E-state index contributed by atoms with van der Waals surface area (Å²) in [5.74, 6) is -0.0188. The van der Waals surface area contributed by atoms with Gasteiger partial charge < -0.3 is 10.4 Å². The SMILES string of the molecule is Cc1ccc(C(=O)NC2CC2)cc1-c1ccc2c(C(C)(C)O)nncc2c1. The fraction of sp³-hybridized carbons (Fsp3) is 0.318. The second-order valence-corrected chi connectivity index (χ2v) is 7.83. The topological polar surface area (TPSA) is 75.1 Å². The fourth-order valence-corrected chi connectivity index (χ4v) is 3.28. The molecule has 5 nitrogen and oxygen atoms in total. The molecular formula is C22H23N3O2. The summed E-state index contributed by atoms with van der Waals surface area (Å²) >= 11 is 0. The van der Waals surface area contributed by atoms with Crippen LogP contribution in [0.1, 0.15) is 48.3 Å². The van der Waals surface area contributed by atoms with Crippen LogP contribution in [0, 0.1) is 6.92 Å². The van der Waals surface area contributed by atoms with Crippen molar-refractivity contribution in [2.24, 2.45) is 0 Å². The number of aliphatic hydroxyl groups is 1. The Morgan fingerprint density at radius 2 is 1.96 bits per heavy atom. The fourth-order valence-electron chi connectivity index (χ4n) is 3.28. The lowest BCUT2D eigenvalue weighted by atomic mass is 9.94. The van der Waals surface area contributed by atoms with E-state index in [2.05, 4.69) is 15.5 Å². The Morgan fingerprint density at radius 1 is 1.19 bits per heavy atom. The van der Waals surface area contributed by atoms with E-state index in [4.69, 9.17) is 0 Å². The summed E-state index contributed by atoms with van der Waals surface area (Å²) in [6.07, 6.45) is 3.84. The minimum atomic E-state index is -1.06. The number of nitrogens with zero attached hydrogens (tertiary/aromatic N) is 2. The van der Waals surface area contributed by atoms with Gasteiger partial charge in [0.15, 0.2) is 0 Å². The summed E-state index contributed by atoms with van der Waals surface area (Å²) in [5.41, 5.74) is 3.29. The van der Waals surface area contributed by atoms with E-state index < -0.39 is 5.60 Å². The van der Waals surface area contributed by atoms with Gasteiger partial charge in [0.2, 0.25) is 0 Å². The maximum Gasteiger partial charge on any atom is 0.251 e. The quantitative estimate of drug-likeness (QED) is 0.742. The highest BCUT2D eigenvalue weighted by Crippen LogP contribution is 2.31. The number of aryl methyl sites for hydroxylation is 1. The summed E-state index contributed by atoms with van der Waals surface area (Å²) in [6, 6.07) is 12.1. The zero-order valence-corrected chi connectivity index (χ0v) is 15.8. The smallest absolute Gasteiger partial charge is 0.251 e. The first-order valence-electron chi connectivity index (χ1n) is 9.23. The maximum atomic E-state index is 12.4. The van der Waals surface area contributed by atoms with Crippen molar-refractivity contribution in [1.29, 1.82) is 0 Å². The van der Waals surface area contributed by atoms with E-state index in [0.29, 0.717) is 17.3 Å². The molecule has 3 aromatic rings. The van der Waals surface area contributed by atoms with Crippen molar-refractivity contribution in [2.75, 3.05) is 0 Å². The predicted molar refractivity (Wildman–Crippen MR) is 105 cm³/mol. The molecule has 1 aliphatic rings. The monoisotopic (exact) mass is 361 g/mol. The number of hydrogen-bond acceptors (Lipinski definition) is 4. The Morgan fingerprint density at radius 3 is 2.67 bits per heavy atom. The van der Waals surface area contributed by atoms with Gasteiger partial charge in [-0.2, -0.15) is 10.2 Å². The third-order valence-electron chi connectivity index (χ3n) is 4.96. The van der Waals surface area contributed by atoms with Crippen LogP contribution in [-0.2, 0) is 5.60 Å². The molecular weight excluding hydrogens is 338 g/mol. The van der Waals surface area contributed by atoms with Crippen molar-refractivity contribution in [3.8, 4) is 11.1 Å². The van der Waals surface area contributed by atoms with E-state index in [-0.39, 0.29) is 5.91 Å². The lowest BCUT2D eigenvalue weighted by Gasteiger charge is -2.18. The molecule has 1 amide bonds. The highest BCUT2D eigenvalue weighted by atomic mass is 16.3. The van der Waals surface area contributed by atoms with Crippen LogP contribution in [0.4, 0.5) is 0 Å². The second-order valence-electron chi connectivity index (χ2n) is 7.83. The van der Waals surface area contributed by atoms with Crippen molar-refractivity contribution in [2.45, 2.75) is 45.3 Å². The molecule has 27 heavy (non-hydrogen) atoms. The molecule has 0 spiro atoms. The first-order chi connectivity index (χ1) is 12.8. The van der Waals surface area contributed by atoms with Crippen LogP contribution in [0.2, 0.25) is 0 Å². The van der Waals surface area contributed by atoms with Gasteiger partial charge in [-0.1, -0.05) is 18.2 Å². The number of carbonyl (C=O) groups is 1. The molecule has 2 N–H and O–H groups in total. The van der Waals surface area contributed by atoms with Gasteiger partial charge in [-0.05, 0) is 68.5 Å². The summed E-state index contributed by atoms with van der Waals surface area (Å²) in [6.45, 7) is 5.45. The summed E-state index contributed by atoms with van der Waals surface area (Å²) in [7, 11) is 0. The Kier molecular flexibility index (Phi) is 4.19. The number of carbonyl (C=O) groups excluding carboxylic acids is 1. The zero-order valence-electron chi connectivity index (χ0n) is 15.8. The molecule has 1 fully saturated rings. The van der Waals surface area contributed by atoms with E-state index in [1.807, 2.05) is 43.3 Å². The minimum Gasteiger partial charge on any atom is -0.384 e. The van der Waals surface area contributed by atoms with Gasteiger partial charge in [0.05, 0.1) is 6.20 Å². The van der Waals surface area contributed by atoms with Gasteiger partial charge in [-0.3, -0.25) is 4.79 Å². The first-order valence-corrected chi connectivity index (χ1v) is 9.23. The summed E-state index contributed by atoms with van der Waals surface area (Å²) < 4.78 is 0. The molecule has 5 heteroatoms. The Balaban J connectivity index is 1.76. The highest BCUT2D eigenvalue weighted by molar-refractivity contribution is 5.97. The lowest BCUT2D eigenvalue weighted by Crippen LogP contribution is -2.25. The number of nitrogens with one attached hydrogen (secondary N) is 1. The highest BCUT2D eigenvalue weighted by Gasteiger charge is 2.24. The molecule has 2 aromatic carbocycles.